The number of benzene rings is 1. The van der Waals surface area contributed by atoms with Gasteiger partial charge in [-0.2, -0.15) is 0 Å². The number of nitrogens with zero attached hydrogens (tertiary/aromatic N) is 4. The van der Waals surface area contributed by atoms with Crippen LogP contribution in [0.4, 0.5) is 19.7 Å². The fraction of sp³-hybridized carbons (Fsp3) is 0.400. The van der Waals surface area contributed by atoms with Crippen LogP contribution in [-0.4, -0.2) is 68.6 Å². The fourth-order valence-electron chi connectivity index (χ4n) is 5.53. The van der Waals surface area contributed by atoms with E-state index >= 15 is 0 Å². The minimum Gasteiger partial charge on any atom is -0.453 e. The summed E-state index contributed by atoms with van der Waals surface area (Å²) < 4.78 is 27.2. The largest absolute Gasteiger partial charge is 0.453 e. The van der Waals surface area contributed by atoms with E-state index in [2.05, 4.69) is 20.6 Å². The summed E-state index contributed by atoms with van der Waals surface area (Å²) in [5.74, 6) is -0.155. The Kier molecular flexibility index (Phi) is 9.49. The molecule has 1 aliphatic heterocycles. The zero-order valence-corrected chi connectivity index (χ0v) is 28.2. The second-order valence-corrected chi connectivity index (χ2v) is 14.2. The van der Waals surface area contributed by atoms with Gasteiger partial charge in [0.2, 0.25) is 5.91 Å². The van der Waals surface area contributed by atoms with E-state index in [1.54, 1.807) is 36.4 Å². The third-order valence-corrected chi connectivity index (χ3v) is 9.25. The molecule has 0 unspecified atom stereocenters. The number of likely N-dealkylation sites (tertiary alicyclic amines) is 1. The van der Waals surface area contributed by atoms with Crippen molar-refractivity contribution in [2.75, 3.05) is 18.4 Å². The number of anilines is 1. The first-order valence-electron chi connectivity index (χ1n) is 16.1. The Bertz CT molecular complexity index is 1810. The number of thiophene rings is 1. The molecule has 4 amide bonds. The predicted molar refractivity (Wildman–Crippen MR) is 182 cm³/mol. The first-order chi connectivity index (χ1) is 22.9. The van der Waals surface area contributed by atoms with E-state index in [1.807, 2.05) is 43.9 Å². The minimum absolute atomic E-state index is 0.0112. The lowest BCUT2D eigenvalue weighted by atomic mass is 10.0. The summed E-state index contributed by atoms with van der Waals surface area (Å²) in [5.41, 5.74) is 2.10. The molecule has 0 spiro atoms. The topological polar surface area (TPSA) is 126 Å². The normalized spacial score (nSPS) is 15.2. The number of rotatable bonds is 8. The molecule has 3 aromatic heterocycles. The van der Waals surface area contributed by atoms with Crippen molar-refractivity contribution in [2.45, 2.75) is 77.6 Å². The van der Waals surface area contributed by atoms with Crippen molar-refractivity contribution < 1.29 is 28.2 Å². The molecule has 13 heteroatoms. The number of aromatic nitrogens is 2. The second-order valence-electron chi connectivity index (χ2n) is 13.2. The van der Waals surface area contributed by atoms with Crippen LogP contribution in [-0.2, 0) is 16.1 Å². The van der Waals surface area contributed by atoms with E-state index in [9.17, 15) is 18.8 Å². The SMILES string of the molecule is CC(=O)N(Cc1ccc(-c2cc3nccc(Oc4ccc(NC(=O)NC5CC5)cc4F)c3s2)nc1)C1CCN(C(=O)OC(C)(C)C)CC1. The third kappa shape index (κ3) is 8.19. The van der Waals surface area contributed by atoms with Crippen LogP contribution in [0.5, 0.6) is 11.5 Å². The van der Waals surface area contributed by atoms with Gasteiger partial charge in [-0.1, -0.05) is 6.07 Å². The molecule has 6 rings (SSSR count). The van der Waals surface area contributed by atoms with Crippen LogP contribution in [0, 0.1) is 5.82 Å². The molecule has 2 N–H and O–H groups in total. The number of carbonyl (C=O) groups is 3. The Hall–Kier alpha value is -4.78. The Balaban J connectivity index is 1.10. The molecule has 0 atom stereocenters. The fourth-order valence-corrected chi connectivity index (χ4v) is 6.57. The van der Waals surface area contributed by atoms with Crippen molar-refractivity contribution in [1.29, 1.82) is 0 Å². The molecule has 1 aliphatic carbocycles. The van der Waals surface area contributed by atoms with Gasteiger partial charge in [-0.05, 0) is 76.3 Å². The number of hydrogen-bond acceptors (Lipinski definition) is 8. The number of carbonyl (C=O) groups excluding carboxylic acids is 3. The number of fused-ring (bicyclic) bond motifs is 1. The van der Waals surface area contributed by atoms with Crippen LogP contribution in [0.25, 0.3) is 20.8 Å². The number of urea groups is 1. The van der Waals surface area contributed by atoms with Crippen LogP contribution < -0.4 is 15.4 Å². The molecule has 0 bridgehead atoms. The molecule has 252 valence electrons. The lowest BCUT2D eigenvalue weighted by molar-refractivity contribution is -0.132. The van der Waals surface area contributed by atoms with Crippen molar-refractivity contribution in [2.24, 2.45) is 0 Å². The molecular formula is C35H39FN6O5S. The highest BCUT2D eigenvalue weighted by molar-refractivity contribution is 7.22. The van der Waals surface area contributed by atoms with E-state index in [-0.39, 0.29) is 35.9 Å². The number of nitrogens with one attached hydrogen (secondary N) is 2. The molecule has 1 aromatic carbocycles. The molecule has 11 nitrogen and oxygen atoms in total. The van der Waals surface area contributed by atoms with Gasteiger partial charge in [0.25, 0.3) is 0 Å². The average Bonchev–Trinajstić information content (AvgIpc) is 3.74. The van der Waals surface area contributed by atoms with Crippen LogP contribution in [0.1, 0.15) is 58.9 Å². The summed E-state index contributed by atoms with van der Waals surface area (Å²) in [5, 5.41) is 5.45. The van der Waals surface area contributed by atoms with Gasteiger partial charge in [0.05, 0.1) is 20.8 Å². The molecule has 4 heterocycles. The molecule has 0 radical (unpaired) electrons. The summed E-state index contributed by atoms with van der Waals surface area (Å²) in [4.78, 5) is 50.7. The van der Waals surface area contributed by atoms with Crippen molar-refractivity contribution in [1.82, 2.24) is 25.1 Å². The first kappa shape index (κ1) is 33.1. The molecule has 4 aromatic rings. The Morgan fingerprint density at radius 1 is 1.02 bits per heavy atom. The predicted octanol–water partition coefficient (Wildman–Crippen LogP) is 7.32. The van der Waals surface area contributed by atoms with E-state index in [1.165, 1.54) is 23.5 Å². The lowest BCUT2D eigenvalue weighted by Gasteiger charge is -2.38. The van der Waals surface area contributed by atoms with E-state index in [0.29, 0.717) is 49.4 Å². The second kappa shape index (κ2) is 13.8. The standard InChI is InChI=1S/C35H39FN6O5S/c1-21(43)42(25-12-15-41(16-13-25)34(45)47-35(2,3)4)20-22-5-9-27(38-19-22)31-18-28-32(48-31)30(11-14-37-28)46-29-10-8-24(17-26(29)36)40-33(44)39-23-6-7-23/h5,8-11,14,17-19,23,25H,6-7,12-13,15-16,20H2,1-4H3,(H2,39,40,44). The van der Waals surface area contributed by atoms with Gasteiger partial charge in [0, 0.05) is 68.9 Å². The highest BCUT2D eigenvalue weighted by Crippen LogP contribution is 2.39. The summed E-state index contributed by atoms with van der Waals surface area (Å²) >= 11 is 1.43. The lowest BCUT2D eigenvalue weighted by Crippen LogP contribution is -2.49. The highest BCUT2D eigenvalue weighted by Gasteiger charge is 2.31. The zero-order chi connectivity index (χ0) is 34.0. The first-order valence-corrected chi connectivity index (χ1v) is 16.9. The molecule has 2 aliphatic rings. The number of piperidine rings is 1. The van der Waals surface area contributed by atoms with E-state index < -0.39 is 11.4 Å². The number of hydrogen-bond donors (Lipinski definition) is 2. The van der Waals surface area contributed by atoms with Crippen LogP contribution in [0.3, 0.4) is 0 Å². The van der Waals surface area contributed by atoms with Crippen LogP contribution in [0.15, 0.2) is 54.9 Å². The summed E-state index contributed by atoms with van der Waals surface area (Å²) in [6, 6.07) is 11.6. The Morgan fingerprint density at radius 2 is 1.79 bits per heavy atom. The number of amides is 4. The van der Waals surface area contributed by atoms with Gasteiger partial charge < -0.3 is 29.9 Å². The maximum Gasteiger partial charge on any atom is 0.410 e. The zero-order valence-electron chi connectivity index (χ0n) is 27.4. The van der Waals surface area contributed by atoms with E-state index in [4.69, 9.17) is 9.47 Å². The van der Waals surface area contributed by atoms with Gasteiger partial charge in [-0.3, -0.25) is 14.8 Å². The maximum absolute atomic E-state index is 15.0. The Morgan fingerprint density at radius 3 is 2.44 bits per heavy atom. The van der Waals surface area contributed by atoms with Gasteiger partial charge >= 0.3 is 12.1 Å². The molecular weight excluding hydrogens is 635 g/mol. The Labute approximate surface area is 282 Å². The maximum atomic E-state index is 15.0. The van der Waals surface area contributed by atoms with Crippen LogP contribution in [0.2, 0.25) is 0 Å². The molecule has 2 fully saturated rings. The van der Waals surface area contributed by atoms with Crippen molar-refractivity contribution in [3.05, 3.63) is 66.2 Å². The van der Waals surface area contributed by atoms with Gasteiger partial charge in [-0.25, -0.2) is 14.0 Å². The van der Waals surface area contributed by atoms with Crippen molar-refractivity contribution in [3.8, 4) is 22.1 Å². The molecule has 48 heavy (non-hydrogen) atoms. The van der Waals surface area contributed by atoms with E-state index in [0.717, 1.165) is 33.7 Å². The average molecular weight is 675 g/mol. The smallest absolute Gasteiger partial charge is 0.410 e. The molecule has 1 saturated heterocycles. The van der Waals surface area contributed by atoms with Gasteiger partial charge in [-0.15, -0.1) is 11.3 Å². The van der Waals surface area contributed by atoms with Gasteiger partial charge in [0.1, 0.15) is 11.4 Å². The minimum atomic E-state index is -0.605. The number of halogens is 1. The quantitative estimate of drug-likeness (QED) is 0.201. The summed E-state index contributed by atoms with van der Waals surface area (Å²) in [6.45, 7) is 8.58. The number of pyridine rings is 2. The summed E-state index contributed by atoms with van der Waals surface area (Å²) in [6.07, 6.45) is 6.32. The third-order valence-electron chi connectivity index (χ3n) is 8.09. The highest BCUT2D eigenvalue weighted by atomic mass is 32.1. The van der Waals surface area contributed by atoms with Gasteiger partial charge in [0.15, 0.2) is 11.6 Å². The van der Waals surface area contributed by atoms with Crippen molar-refractivity contribution >= 4 is 45.3 Å². The summed E-state index contributed by atoms with van der Waals surface area (Å²) in [7, 11) is 0. The monoisotopic (exact) mass is 674 g/mol. The van der Waals surface area contributed by atoms with Crippen LogP contribution >= 0.6 is 11.3 Å². The van der Waals surface area contributed by atoms with Crippen molar-refractivity contribution in [3.63, 3.8) is 0 Å². The number of ether oxygens (including phenoxy) is 2. The molecule has 1 saturated carbocycles.